The zero-order valence-corrected chi connectivity index (χ0v) is 11.8. The van der Waals surface area contributed by atoms with Gasteiger partial charge in [0.25, 0.3) is 0 Å². The Hall–Kier alpha value is -2.35. The van der Waals surface area contributed by atoms with E-state index in [2.05, 4.69) is 25.9 Å². The summed E-state index contributed by atoms with van der Waals surface area (Å²) in [5, 5.41) is 11.0. The summed E-state index contributed by atoms with van der Waals surface area (Å²) >= 11 is 3.19. The van der Waals surface area contributed by atoms with Gasteiger partial charge in [0.1, 0.15) is 0 Å². The standard InChI is InChI=1S/C12H8BrN3O4/c1-7-2-9(13)3-10(16(18)19)11(7)20-12-14-4-8(6-17)5-15-12/h2-6H,1H3. The van der Waals surface area contributed by atoms with Gasteiger partial charge in [0.2, 0.25) is 5.75 Å². The molecule has 0 N–H and O–H groups in total. The van der Waals surface area contributed by atoms with Crippen LogP contribution in [0.4, 0.5) is 5.69 Å². The lowest BCUT2D eigenvalue weighted by Crippen LogP contribution is -1.99. The van der Waals surface area contributed by atoms with Gasteiger partial charge in [0.05, 0.1) is 10.5 Å². The maximum Gasteiger partial charge on any atom is 0.322 e. The predicted octanol–water partition coefficient (Wildman–Crippen LogP) is 3.06. The lowest BCUT2D eigenvalue weighted by Gasteiger charge is -2.08. The molecular weight excluding hydrogens is 330 g/mol. The lowest BCUT2D eigenvalue weighted by atomic mass is 10.2. The molecular formula is C12H8BrN3O4. The van der Waals surface area contributed by atoms with Gasteiger partial charge >= 0.3 is 11.7 Å². The van der Waals surface area contributed by atoms with Crippen molar-refractivity contribution < 1.29 is 14.5 Å². The Morgan fingerprint density at radius 1 is 1.35 bits per heavy atom. The Morgan fingerprint density at radius 2 is 2.00 bits per heavy atom. The molecule has 0 spiro atoms. The van der Waals surface area contributed by atoms with Gasteiger partial charge in [-0.3, -0.25) is 14.9 Å². The summed E-state index contributed by atoms with van der Waals surface area (Å²) in [4.78, 5) is 28.6. The number of ether oxygens (including phenoxy) is 1. The van der Waals surface area contributed by atoms with Gasteiger partial charge < -0.3 is 4.74 Å². The average Bonchev–Trinajstić information content (AvgIpc) is 2.42. The first-order valence-electron chi connectivity index (χ1n) is 5.41. The highest BCUT2D eigenvalue weighted by Crippen LogP contribution is 2.36. The van der Waals surface area contributed by atoms with Crippen molar-refractivity contribution in [2.24, 2.45) is 0 Å². The Labute approximate surface area is 121 Å². The van der Waals surface area contributed by atoms with Crippen molar-refractivity contribution in [3.05, 3.63) is 50.2 Å². The van der Waals surface area contributed by atoms with Crippen LogP contribution >= 0.6 is 15.9 Å². The van der Waals surface area contributed by atoms with Gasteiger partial charge in [-0.15, -0.1) is 0 Å². The number of hydrogen-bond donors (Lipinski definition) is 0. The molecule has 0 bridgehead atoms. The monoisotopic (exact) mass is 337 g/mol. The van der Waals surface area contributed by atoms with Crippen LogP contribution in [0, 0.1) is 17.0 Å². The first-order valence-corrected chi connectivity index (χ1v) is 6.20. The van der Waals surface area contributed by atoms with E-state index in [1.165, 1.54) is 18.5 Å². The minimum Gasteiger partial charge on any atom is -0.417 e. The largest absolute Gasteiger partial charge is 0.417 e. The second kappa shape index (κ2) is 5.74. The van der Waals surface area contributed by atoms with Crippen molar-refractivity contribution in [3.63, 3.8) is 0 Å². The first-order chi connectivity index (χ1) is 9.51. The zero-order valence-electron chi connectivity index (χ0n) is 10.2. The van der Waals surface area contributed by atoms with Crippen molar-refractivity contribution in [3.8, 4) is 11.8 Å². The van der Waals surface area contributed by atoms with E-state index < -0.39 is 4.92 Å². The SMILES string of the molecule is Cc1cc(Br)cc([N+](=O)[O-])c1Oc1ncc(C=O)cn1. The van der Waals surface area contributed by atoms with Crippen molar-refractivity contribution in [1.82, 2.24) is 9.97 Å². The number of nitro groups is 1. The lowest BCUT2D eigenvalue weighted by molar-refractivity contribution is -0.385. The van der Waals surface area contributed by atoms with E-state index in [4.69, 9.17) is 4.74 Å². The maximum atomic E-state index is 11.0. The Kier molecular flexibility index (Phi) is 4.04. The molecule has 7 nitrogen and oxygen atoms in total. The fourth-order valence-electron chi connectivity index (χ4n) is 1.51. The summed E-state index contributed by atoms with van der Waals surface area (Å²) < 4.78 is 5.93. The molecule has 0 fully saturated rings. The van der Waals surface area contributed by atoms with Crippen molar-refractivity contribution >= 4 is 27.9 Å². The number of rotatable bonds is 4. The van der Waals surface area contributed by atoms with Crippen LogP contribution in [0.3, 0.4) is 0 Å². The second-order valence-electron chi connectivity index (χ2n) is 3.85. The summed E-state index contributed by atoms with van der Waals surface area (Å²) in [6, 6.07) is 2.95. The molecule has 0 saturated carbocycles. The van der Waals surface area contributed by atoms with Gasteiger partial charge in [-0.25, -0.2) is 9.97 Å². The minimum absolute atomic E-state index is 0.0656. The van der Waals surface area contributed by atoms with E-state index in [0.717, 1.165) is 0 Å². The van der Waals surface area contributed by atoms with Crippen LogP contribution in [-0.2, 0) is 0 Å². The molecule has 0 amide bonds. The van der Waals surface area contributed by atoms with E-state index in [1.54, 1.807) is 13.0 Å². The van der Waals surface area contributed by atoms with Crippen molar-refractivity contribution in [2.45, 2.75) is 6.92 Å². The van der Waals surface area contributed by atoms with Crippen molar-refractivity contribution in [1.29, 1.82) is 0 Å². The van der Waals surface area contributed by atoms with Crippen LogP contribution in [0.15, 0.2) is 29.0 Å². The third-order valence-corrected chi connectivity index (χ3v) is 2.85. The summed E-state index contributed by atoms with van der Waals surface area (Å²) in [5.41, 5.74) is 0.661. The van der Waals surface area contributed by atoms with Gasteiger partial charge in [-0.2, -0.15) is 0 Å². The van der Waals surface area contributed by atoms with E-state index >= 15 is 0 Å². The highest BCUT2D eigenvalue weighted by molar-refractivity contribution is 9.10. The molecule has 0 radical (unpaired) electrons. The Morgan fingerprint density at radius 3 is 2.55 bits per heavy atom. The molecule has 0 atom stereocenters. The number of carbonyl (C=O) groups is 1. The van der Waals surface area contributed by atoms with Crippen LogP contribution in [-0.4, -0.2) is 21.2 Å². The number of aromatic nitrogens is 2. The number of aldehydes is 1. The number of nitro benzene ring substituents is 1. The number of nitrogens with zero attached hydrogens (tertiary/aromatic N) is 3. The molecule has 20 heavy (non-hydrogen) atoms. The number of halogens is 1. The van der Waals surface area contributed by atoms with Gasteiger partial charge in [0, 0.05) is 28.5 Å². The molecule has 0 unspecified atom stereocenters. The highest BCUT2D eigenvalue weighted by Gasteiger charge is 2.20. The molecule has 2 rings (SSSR count). The average molecular weight is 338 g/mol. The van der Waals surface area contributed by atoms with Crippen LogP contribution in [0.25, 0.3) is 0 Å². The summed E-state index contributed by atoms with van der Waals surface area (Å²) in [7, 11) is 0. The number of aryl methyl sites for hydroxylation is 1. The smallest absolute Gasteiger partial charge is 0.322 e. The third-order valence-electron chi connectivity index (χ3n) is 2.39. The van der Waals surface area contributed by atoms with Gasteiger partial charge in [-0.05, 0) is 13.0 Å². The highest BCUT2D eigenvalue weighted by atomic mass is 79.9. The van der Waals surface area contributed by atoms with Crippen LogP contribution in [0.5, 0.6) is 11.8 Å². The Bertz CT molecular complexity index is 673. The molecule has 1 aromatic carbocycles. The molecule has 0 saturated heterocycles. The van der Waals surface area contributed by atoms with Crippen LogP contribution in [0.2, 0.25) is 0 Å². The molecule has 8 heteroatoms. The third kappa shape index (κ3) is 2.97. The van der Waals surface area contributed by atoms with Gasteiger partial charge in [-0.1, -0.05) is 15.9 Å². The fraction of sp³-hybridized carbons (Fsp3) is 0.0833. The predicted molar refractivity (Wildman–Crippen MR) is 73.0 cm³/mol. The van der Waals surface area contributed by atoms with Gasteiger partial charge in [0.15, 0.2) is 6.29 Å². The van der Waals surface area contributed by atoms with E-state index in [0.29, 0.717) is 21.9 Å². The first kappa shape index (κ1) is 14.1. The normalized spacial score (nSPS) is 10.1. The fourth-order valence-corrected chi connectivity index (χ4v) is 2.07. The van der Waals surface area contributed by atoms with Crippen LogP contribution < -0.4 is 4.74 Å². The quantitative estimate of drug-likeness (QED) is 0.483. The number of carbonyl (C=O) groups excluding carboxylic acids is 1. The maximum absolute atomic E-state index is 11.0. The topological polar surface area (TPSA) is 95.2 Å². The molecule has 0 aliphatic carbocycles. The molecule has 2 aromatic rings. The number of benzene rings is 1. The summed E-state index contributed by atoms with van der Waals surface area (Å²) in [5.74, 6) is 0.0667. The number of hydrogen-bond acceptors (Lipinski definition) is 6. The van der Waals surface area contributed by atoms with E-state index in [9.17, 15) is 14.9 Å². The zero-order chi connectivity index (χ0) is 14.7. The molecule has 0 aliphatic rings. The van der Waals surface area contributed by atoms with E-state index in [-0.39, 0.29) is 17.4 Å². The summed E-state index contributed by atoms with van der Waals surface area (Å²) in [6.07, 6.45) is 3.14. The van der Waals surface area contributed by atoms with Crippen molar-refractivity contribution in [2.75, 3.05) is 0 Å². The van der Waals surface area contributed by atoms with E-state index in [1.807, 2.05) is 0 Å². The molecule has 102 valence electrons. The molecule has 1 aromatic heterocycles. The Balaban J connectivity index is 2.41. The molecule has 0 aliphatic heterocycles. The second-order valence-corrected chi connectivity index (χ2v) is 4.76. The molecule has 1 heterocycles. The summed E-state index contributed by atoms with van der Waals surface area (Å²) in [6.45, 7) is 1.67. The minimum atomic E-state index is -0.549. The van der Waals surface area contributed by atoms with Crippen LogP contribution in [0.1, 0.15) is 15.9 Å².